The Morgan fingerprint density at radius 3 is 2.50 bits per heavy atom. The summed E-state index contributed by atoms with van der Waals surface area (Å²) in [6, 6.07) is 10.2. The number of piperidine rings is 1. The van der Waals surface area contributed by atoms with Gasteiger partial charge in [-0.1, -0.05) is 29.8 Å². The number of nitrogens with zero attached hydrogens (tertiary/aromatic N) is 2. The van der Waals surface area contributed by atoms with E-state index in [1.165, 1.54) is 5.56 Å². The third-order valence-corrected chi connectivity index (χ3v) is 3.92. The highest BCUT2D eigenvalue weighted by Crippen LogP contribution is 2.21. The fraction of sp³-hybridized carbons (Fsp3) is 0.500. The summed E-state index contributed by atoms with van der Waals surface area (Å²) >= 11 is 0. The predicted molar refractivity (Wildman–Crippen MR) is 78.1 cm³/mol. The van der Waals surface area contributed by atoms with E-state index < -0.39 is 5.54 Å². The first-order valence-electron chi connectivity index (χ1n) is 6.99. The number of nitrogens with one attached hydrogen (secondary N) is 1. The standard InChI is InChI=1S/C16H21N3O/c1-13-3-5-14(6-4-13)11-15(20)18-16(12-17)7-9-19(2)10-8-16/h3-6H,7-11H2,1-2H3,(H,18,20). The lowest BCUT2D eigenvalue weighted by atomic mass is 9.89. The fourth-order valence-electron chi connectivity index (χ4n) is 2.47. The maximum absolute atomic E-state index is 12.1. The van der Waals surface area contributed by atoms with E-state index >= 15 is 0 Å². The van der Waals surface area contributed by atoms with Gasteiger partial charge in [0.05, 0.1) is 12.5 Å². The number of hydrogen-bond donors (Lipinski definition) is 1. The molecule has 106 valence electrons. The van der Waals surface area contributed by atoms with Gasteiger partial charge in [0.1, 0.15) is 5.54 Å². The van der Waals surface area contributed by atoms with Crippen molar-refractivity contribution in [2.24, 2.45) is 0 Å². The second-order valence-electron chi connectivity index (χ2n) is 5.71. The minimum absolute atomic E-state index is 0.0695. The van der Waals surface area contributed by atoms with Crippen molar-refractivity contribution in [2.45, 2.75) is 31.7 Å². The van der Waals surface area contributed by atoms with Crippen molar-refractivity contribution in [3.63, 3.8) is 0 Å². The number of rotatable bonds is 3. The number of amides is 1. The van der Waals surface area contributed by atoms with Crippen LogP contribution < -0.4 is 5.32 Å². The highest BCUT2D eigenvalue weighted by atomic mass is 16.1. The Morgan fingerprint density at radius 2 is 1.95 bits per heavy atom. The lowest BCUT2D eigenvalue weighted by Crippen LogP contribution is -2.54. The summed E-state index contributed by atoms with van der Waals surface area (Å²) in [5.74, 6) is -0.0695. The van der Waals surface area contributed by atoms with E-state index in [-0.39, 0.29) is 5.91 Å². The van der Waals surface area contributed by atoms with Gasteiger partial charge in [-0.2, -0.15) is 5.26 Å². The average molecular weight is 271 g/mol. The molecule has 1 aliphatic rings. The molecular weight excluding hydrogens is 250 g/mol. The average Bonchev–Trinajstić information content (AvgIpc) is 2.44. The van der Waals surface area contributed by atoms with Crippen LogP contribution in [0, 0.1) is 18.3 Å². The topological polar surface area (TPSA) is 56.1 Å². The molecule has 0 spiro atoms. The monoisotopic (exact) mass is 271 g/mol. The molecule has 1 aromatic carbocycles. The van der Waals surface area contributed by atoms with Crippen molar-refractivity contribution in [1.82, 2.24) is 10.2 Å². The van der Waals surface area contributed by atoms with Crippen LogP contribution in [0.2, 0.25) is 0 Å². The Bertz CT molecular complexity index is 508. The summed E-state index contributed by atoms with van der Waals surface area (Å²) in [5, 5.41) is 12.3. The summed E-state index contributed by atoms with van der Waals surface area (Å²) in [6.45, 7) is 3.71. The lowest BCUT2D eigenvalue weighted by molar-refractivity contribution is -0.122. The zero-order valence-corrected chi connectivity index (χ0v) is 12.1. The summed E-state index contributed by atoms with van der Waals surface area (Å²) in [5.41, 5.74) is 1.47. The molecule has 0 saturated carbocycles. The zero-order chi connectivity index (χ0) is 14.6. The number of nitriles is 1. The Morgan fingerprint density at radius 1 is 1.35 bits per heavy atom. The first-order valence-corrected chi connectivity index (χ1v) is 6.99. The van der Waals surface area contributed by atoms with Crippen LogP contribution in [0.4, 0.5) is 0 Å². The van der Waals surface area contributed by atoms with Crippen LogP contribution in [-0.2, 0) is 11.2 Å². The summed E-state index contributed by atoms with van der Waals surface area (Å²) in [6.07, 6.45) is 1.72. The maximum atomic E-state index is 12.1. The first kappa shape index (κ1) is 14.5. The number of benzene rings is 1. The molecule has 1 aliphatic heterocycles. The number of likely N-dealkylation sites (tertiary alicyclic amines) is 1. The summed E-state index contributed by atoms with van der Waals surface area (Å²) in [4.78, 5) is 14.3. The molecule has 0 aliphatic carbocycles. The second kappa shape index (κ2) is 6.06. The molecule has 0 atom stereocenters. The van der Waals surface area contributed by atoms with Gasteiger partial charge >= 0.3 is 0 Å². The number of hydrogen-bond acceptors (Lipinski definition) is 3. The molecule has 0 unspecified atom stereocenters. The van der Waals surface area contributed by atoms with E-state index in [0.29, 0.717) is 19.3 Å². The summed E-state index contributed by atoms with van der Waals surface area (Å²) < 4.78 is 0. The zero-order valence-electron chi connectivity index (χ0n) is 12.1. The van der Waals surface area contributed by atoms with Gasteiger partial charge in [-0.05, 0) is 32.4 Å². The van der Waals surface area contributed by atoms with Gasteiger partial charge in [-0.3, -0.25) is 4.79 Å². The normalized spacial score (nSPS) is 18.2. The molecule has 1 amide bonds. The Labute approximate surface area is 120 Å². The van der Waals surface area contributed by atoms with E-state index in [4.69, 9.17) is 0 Å². The molecule has 1 aromatic rings. The van der Waals surface area contributed by atoms with E-state index in [2.05, 4.69) is 16.3 Å². The Kier molecular flexibility index (Phi) is 4.41. The molecular formula is C16H21N3O. The molecule has 1 fully saturated rings. The molecule has 2 rings (SSSR count). The number of aryl methyl sites for hydroxylation is 1. The minimum atomic E-state index is -0.686. The quantitative estimate of drug-likeness (QED) is 0.909. The number of carbonyl (C=O) groups is 1. The highest BCUT2D eigenvalue weighted by Gasteiger charge is 2.35. The van der Waals surface area contributed by atoms with Crippen LogP contribution >= 0.6 is 0 Å². The Hall–Kier alpha value is -1.86. The fourth-order valence-corrected chi connectivity index (χ4v) is 2.47. The molecule has 4 nitrogen and oxygen atoms in total. The second-order valence-corrected chi connectivity index (χ2v) is 5.71. The number of carbonyl (C=O) groups excluding carboxylic acids is 1. The smallest absolute Gasteiger partial charge is 0.225 e. The molecule has 20 heavy (non-hydrogen) atoms. The lowest BCUT2D eigenvalue weighted by Gasteiger charge is -2.36. The van der Waals surface area contributed by atoms with Gasteiger partial charge < -0.3 is 10.2 Å². The minimum Gasteiger partial charge on any atom is -0.337 e. The molecule has 1 heterocycles. The maximum Gasteiger partial charge on any atom is 0.225 e. The van der Waals surface area contributed by atoms with Gasteiger partial charge in [0.2, 0.25) is 5.91 Å². The summed E-state index contributed by atoms with van der Waals surface area (Å²) in [7, 11) is 2.04. The molecule has 1 N–H and O–H groups in total. The van der Waals surface area contributed by atoms with Gasteiger partial charge in [-0.25, -0.2) is 0 Å². The van der Waals surface area contributed by atoms with Crippen molar-refractivity contribution in [2.75, 3.05) is 20.1 Å². The third kappa shape index (κ3) is 3.58. The molecule has 0 radical (unpaired) electrons. The van der Waals surface area contributed by atoms with Gasteiger partial charge in [0.25, 0.3) is 0 Å². The van der Waals surface area contributed by atoms with Crippen molar-refractivity contribution in [3.8, 4) is 6.07 Å². The molecule has 0 aromatic heterocycles. The Balaban J connectivity index is 1.96. The van der Waals surface area contributed by atoms with Gasteiger partial charge in [0, 0.05) is 13.1 Å². The van der Waals surface area contributed by atoms with Crippen LogP contribution in [-0.4, -0.2) is 36.5 Å². The van der Waals surface area contributed by atoms with Crippen LogP contribution in [0.1, 0.15) is 24.0 Å². The van der Waals surface area contributed by atoms with Crippen LogP contribution in [0.3, 0.4) is 0 Å². The predicted octanol–water partition coefficient (Wildman–Crippen LogP) is 1.64. The molecule has 0 bridgehead atoms. The van der Waals surface area contributed by atoms with Gasteiger partial charge in [-0.15, -0.1) is 0 Å². The van der Waals surface area contributed by atoms with Crippen molar-refractivity contribution >= 4 is 5.91 Å². The van der Waals surface area contributed by atoms with Crippen molar-refractivity contribution in [3.05, 3.63) is 35.4 Å². The van der Waals surface area contributed by atoms with Crippen LogP contribution in [0.15, 0.2) is 24.3 Å². The largest absolute Gasteiger partial charge is 0.337 e. The molecule has 4 heteroatoms. The third-order valence-electron chi connectivity index (χ3n) is 3.92. The van der Waals surface area contributed by atoms with Crippen LogP contribution in [0.25, 0.3) is 0 Å². The van der Waals surface area contributed by atoms with Gasteiger partial charge in [0.15, 0.2) is 0 Å². The van der Waals surface area contributed by atoms with Crippen molar-refractivity contribution < 1.29 is 4.79 Å². The molecule has 1 saturated heterocycles. The van der Waals surface area contributed by atoms with E-state index in [1.807, 2.05) is 38.2 Å². The van der Waals surface area contributed by atoms with E-state index in [1.54, 1.807) is 0 Å². The van der Waals surface area contributed by atoms with Crippen molar-refractivity contribution in [1.29, 1.82) is 5.26 Å². The van der Waals surface area contributed by atoms with E-state index in [0.717, 1.165) is 18.7 Å². The highest BCUT2D eigenvalue weighted by molar-refractivity contribution is 5.79. The first-order chi connectivity index (χ1) is 9.53. The van der Waals surface area contributed by atoms with E-state index in [9.17, 15) is 10.1 Å². The van der Waals surface area contributed by atoms with Crippen LogP contribution in [0.5, 0.6) is 0 Å². The SMILES string of the molecule is Cc1ccc(CC(=O)NC2(C#N)CCN(C)CC2)cc1.